The summed E-state index contributed by atoms with van der Waals surface area (Å²) in [7, 11) is 1.55. The molecule has 0 N–H and O–H groups in total. The normalized spacial score (nSPS) is 23.1. The zero-order chi connectivity index (χ0) is 20.0. The number of amides is 2. The zero-order valence-corrected chi connectivity index (χ0v) is 16.4. The average molecular weight is 392 g/mol. The summed E-state index contributed by atoms with van der Waals surface area (Å²) in [5, 5.41) is 0. The second kappa shape index (κ2) is 7.10. The van der Waals surface area contributed by atoms with E-state index in [0.29, 0.717) is 36.7 Å². The van der Waals surface area contributed by atoms with Gasteiger partial charge in [-0.15, -0.1) is 0 Å². The fourth-order valence-corrected chi connectivity index (χ4v) is 4.32. The van der Waals surface area contributed by atoms with Gasteiger partial charge in [0.2, 0.25) is 5.91 Å². The Bertz CT molecular complexity index is 955. The molecule has 2 bridgehead atoms. The maximum absolute atomic E-state index is 13.6. The van der Waals surface area contributed by atoms with E-state index in [2.05, 4.69) is 0 Å². The standard InChI is InChI=1S/C23H24N2O4/c1-28-20-8-4-2-6-17(20)22(26)25-14-16-12-19(25)23(27)24(13-15-10-11-15)18-7-3-5-9-21(18)29-16/h2-9,15-16,19H,10-14H2,1H3/t16-,19-/m0/s1. The predicted octanol–water partition coefficient (Wildman–Crippen LogP) is 3.11. The highest BCUT2D eigenvalue weighted by Crippen LogP contribution is 2.40. The van der Waals surface area contributed by atoms with Gasteiger partial charge in [-0.05, 0) is 43.0 Å². The van der Waals surface area contributed by atoms with Crippen molar-refractivity contribution in [2.75, 3.05) is 25.1 Å². The first-order valence-corrected chi connectivity index (χ1v) is 10.2. The summed E-state index contributed by atoms with van der Waals surface area (Å²) in [6, 6.07) is 14.3. The van der Waals surface area contributed by atoms with Gasteiger partial charge in [0.25, 0.3) is 5.91 Å². The fraction of sp³-hybridized carbons (Fsp3) is 0.391. The van der Waals surface area contributed by atoms with E-state index in [1.54, 1.807) is 24.1 Å². The van der Waals surface area contributed by atoms with Gasteiger partial charge in [-0.1, -0.05) is 24.3 Å². The number of anilines is 1. The molecule has 2 fully saturated rings. The van der Waals surface area contributed by atoms with Crippen LogP contribution in [0.4, 0.5) is 5.69 Å². The molecule has 3 aliphatic rings. The maximum Gasteiger partial charge on any atom is 0.258 e. The quantitative estimate of drug-likeness (QED) is 0.802. The van der Waals surface area contributed by atoms with Gasteiger partial charge in [-0.25, -0.2) is 0 Å². The first-order valence-electron chi connectivity index (χ1n) is 10.2. The lowest BCUT2D eigenvalue weighted by Gasteiger charge is -2.32. The molecule has 6 heteroatoms. The van der Waals surface area contributed by atoms with Crippen molar-refractivity contribution in [2.45, 2.75) is 31.4 Å². The molecule has 0 aromatic heterocycles. The Morgan fingerprint density at radius 3 is 2.69 bits per heavy atom. The molecule has 6 nitrogen and oxygen atoms in total. The molecule has 2 amide bonds. The molecular formula is C23H24N2O4. The Hall–Kier alpha value is -3.02. The predicted molar refractivity (Wildman–Crippen MR) is 108 cm³/mol. The van der Waals surface area contributed by atoms with Gasteiger partial charge >= 0.3 is 0 Å². The molecule has 0 spiro atoms. The highest BCUT2D eigenvalue weighted by atomic mass is 16.5. The molecular weight excluding hydrogens is 368 g/mol. The molecule has 29 heavy (non-hydrogen) atoms. The van der Waals surface area contributed by atoms with Crippen molar-refractivity contribution in [3.8, 4) is 11.5 Å². The number of rotatable bonds is 4. The Morgan fingerprint density at radius 2 is 1.90 bits per heavy atom. The second-order valence-corrected chi connectivity index (χ2v) is 8.01. The number of carbonyl (C=O) groups excluding carboxylic acids is 2. The van der Waals surface area contributed by atoms with Gasteiger partial charge < -0.3 is 19.3 Å². The van der Waals surface area contributed by atoms with Gasteiger partial charge in [0.1, 0.15) is 23.6 Å². The first-order chi connectivity index (χ1) is 14.2. The van der Waals surface area contributed by atoms with Crippen LogP contribution < -0.4 is 14.4 Å². The molecule has 0 unspecified atom stereocenters. The van der Waals surface area contributed by atoms with E-state index in [1.165, 1.54) is 0 Å². The molecule has 1 saturated carbocycles. The molecule has 0 radical (unpaired) electrons. The third kappa shape index (κ3) is 3.22. The number of likely N-dealkylation sites (tertiary alicyclic amines) is 1. The number of hydrogen-bond acceptors (Lipinski definition) is 4. The molecule has 2 aliphatic heterocycles. The van der Waals surface area contributed by atoms with E-state index >= 15 is 0 Å². The number of benzene rings is 2. The summed E-state index contributed by atoms with van der Waals surface area (Å²) in [6.45, 7) is 1.07. The number of fused-ring (bicyclic) bond motifs is 3. The van der Waals surface area contributed by atoms with Crippen molar-refractivity contribution in [3.05, 3.63) is 54.1 Å². The number of ether oxygens (including phenoxy) is 2. The smallest absolute Gasteiger partial charge is 0.258 e. The first kappa shape index (κ1) is 18.0. The van der Waals surface area contributed by atoms with Gasteiger partial charge in [0.15, 0.2) is 0 Å². The van der Waals surface area contributed by atoms with Crippen LogP contribution in [0.3, 0.4) is 0 Å². The van der Waals surface area contributed by atoms with Gasteiger partial charge in [0, 0.05) is 13.0 Å². The van der Waals surface area contributed by atoms with Crippen molar-refractivity contribution >= 4 is 17.5 Å². The summed E-state index contributed by atoms with van der Waals surface area (Å²) in [6.07, 6.45) is 2.59. The summed E-state index contributed by atoms with van der Waals surface area (Å²) in [5.74, 6) is 1.56. The van der Waals surface area contributed by atoms with Crippen LogP contribution in [0.15, 0.2) is 48.5 Å². The lowest BCUT2D eigenvalue weighted by Crippen LogP contribution is -2.48. The van der Waals surface area contributed by atoms with E-state index in [0.717, 1.165) is 24.3 Å². The molecule has 2 aromatic carbocycles. The topological polar surface area (TPSA) is 59.1 Å². The lowest BCUT2D eigenvalue weighted by molar-refractivity contribution is -0.122. The van der Waals surface area contributed by atoms with Crippen LogP contribution in [0.2, 0.25) is 0 Å². The fourth-order valence-electron chi connectivity index (χ4n) is 4.32. The van der Waals surface area contributed by atoms with Crippen LogP contribution in [0.1, 0.15) is 29.6 Å². The maximum atomic E-state index is 13.6. The SMILES string of the molecule is COc1ccccc1C(=O)N1C[C@@H]2C[C@H]1C(=O)N(CC1CC1)c1ccccc1O2. The van der Waals surface area contributed by atoms with E-state index < -0.39 is 6.04 Å². The minimum Gasteiger partial charge on any atom is -0.496 e. The molecule has 5 rings (SSSR count). The van der Waals surface area contributed by atoms with E-state index in [1.807, 2.05) is 41.3 Å². The van der Waals surface area contributed by atoms with E-state index in [4.69, 9.17) is 9.47 Å². The Morgan fingerprint density at radius 1 is 1.14 bits per heavy atom. The Labute approximate surface area is 170 Å². The van der Waals surface area contributed by atoms with Crippen molar-refractivity contribution in [1.82, 2.24) is 4.90 Å². The molecule has 1 aliphatic carbocycles. The van der Waals surface area contributed by atoms with Crippen LogP contribution in [0.25, 0.3) is 0 Å². The second-order valence-electron chi connectivity index (χ2n) is 8.01. The minimum atomic E-state index is -0.524. The molecule has 2 aromatic rings. The summed E-state index contributed by atoms with van der Waals surface area (Å²) in [4.78, 5) is 30.5. The minimum absolute atomic E-state index is 0.0154. The average Bonchev–Trinajstić information content (AvgIpc) is 3.47. The lowest BCUT2D eigenvalue weighted by atomic mass is 10.1. The van der Waals surface area contributed by atoms with Crippen molar-refractivity contribution in [1.29, 1.82) is 0 Å². The summed E-state index contributed by atoms with van der Waals surface area (Å²) in [5.41, 5.74) is 1.28. The Balaban J connectivity index is 1.51. The van der Waals surface area contributed by atoms with Crippen LogP contribution in [0.5, 0.6) is 11.5 Å². The number of methoxy groups -OCH3 is 1. The molecule has 1 saturated heterocycles. The van der Waals surface area contributed by atoms with Gasteiger partial charge in [-0.2, -0.15) is 0 Å². The number of hydrogen-bond donors (Lipinski definition) is 0. The molecule has 2 atom stereocenters. The summed E-state index contributed by atoms with van der Waals surface area (Å²) >= 11 is 0. The third-order valence-corrected chi connectivity index (χ3v) is 6.00. The molecule has 150 valence electrons. The number of carbonyl (C=O) groups is 2. The molecule has 2 heterocycles. The van der Waals surface area contributed by atoms with Gasteiger partial charge in [0.05, 0.1) is 24.9 Å². The van der Waals surface area contributed by atoms with Crippen molar-refractivity contribution < 1.29 is 19.1 Å². The third-order valence-electron chi connectivity index (χ3n) is 6.00. The van der Waals surface area contributed by atoms with Crippen molar-refractivity contribution in [2.24, 2.45) is 5.92 Å². The van der Waals surface area contributed by atoms with Crippen LogP contribution in [0, 0.1) is 5.92 Å². The number of para-hydroxylation sites is 3. The Kier molecular flexibility index (Phi) is 4.42. The zero-order valence-electron chi connectivity index (χ0n) is 16.4. The van der Waals surface area contributed by atoms with Crippen LogP contribution in [-0.4, -0.2) is 49.1 Å². The van der Waals surface area contributed by atoms with Crippen LogP contribution in [-0.2, 0) is 4.79 Å². The van der Waals surface area contributed by atoms with Crippen molar-refractivity contribution in [3.63, 3.8) is 0 Å². The highest BCUT2D eigenvalue weighted by Gasteiger charge is 2.46. The van der Waals surface area contributed by atoms with E-state index in [-0.39, 0.29) is 17.9 Å². The van der Waals surface area contributed by atoms with Gasteiger partial charge in [-0.3, -0.25) is 9.59 Å². The highest BCUT2D eigenvalue weighted by molar-refractivity contribution is 6.04. The largest absolute Gasteiger partial charge is 0.496 e. The number of nitrogens with zero attached hydrogens (tertiary/aromatic N) is 2. The van der Waals surface area contributed by atoms with Crippen LogP contribution >= 0.6 is 0 Å². The summed E-state index contributed by atoms with van der Waals surface area (Å²) < 4.78 is 11.6. The monoisotopic (exact) mass is 392 g/mol. The van der Waals surface area contributed by atoms with E-state index in [9.17, 15) is 9.59 Å².